The first-order valence-corrected chi connectivity index (χ1v) is 21.0. The summed E-state index contributed by atoms with van der Waals surface area (Å²) in [5.41, 5.74) is 23.7. The number of imidazole rings is 2. The van der Waals surface area contributed by atoms with Crippen molar-refractivity contribution in [2.75, 3.05) is 16.4 Å². The number of nitrogens with one attached hydrogen (secondary N) is 2. The molecule has 9 aromatic carbocycles. The molecule has 0 saturated heterocycles. The molecule has 0 bridgehead atoms. The molecular weight excluding hydrogens is 777 g/mol. The minimum atomic E-state index is 0.690. The van der Waals surface area contributed by atoms with E-state index in [0.29, 0.717) is 5.69 Å². The first kappa shape index (κ1) is 35.0. The quantitative estimate of drug-likeness (QED) is 0.139. The van der Waals surface area contributed by atoms with Crippen molar-refractivity contribution in [1.82, 2.24) is 14.0 Å². The topological polar surface area (TPSA) is 98.6 Å². The second kappa shape index (κ2) is 13.6. The van der Waals surface area contributed by atoms with Gasteiger partial charge in [-0.3, -0.25) is 8.97 Å². The summed E-state index contributed by atoms with van der Waals surface area (Å²) in [6, 6.07) is 67.0. The highest BCUT2D eigenvalue weighted by molar-refractivity contribution is 6.09. The maximum atomic E-state index is 6.42. The molecule has 4 heterocycles. The molecule has 8 nitrogen and oxygen atoms in total. The molecule has 13 rings (SSSR count). The number of nitrogens with zero attached hydrogens (tertiary/aromatic N) is 3. The van der Waals surface area contributed by atoms with Gasteiger partial charge < -0.3 is 25.2 Å². The first-order valence-electron chi connectivity index (χ1n) is 21.0. The number of aromatic nitrogens is 3. The van der Waals surface area contributed by atoms with Crippen LogP contribution in [0.2, 0.25) is 0 Å². The van der Waals surface area contributed by atoms with E-state index in [1.165, 1.54) is 0 Å². The molecule has 0 radical (unpaired) electrons. The van der Waals surface area contributed by atoms with Gasteiger partial charge in [-0.1, -0.05) is 78.9 Å². The van der Waals surface area contributed by atoms with Crippen molar-refractivity contribution in [2.45, 2.75) is 0 Å². The molecule has 298 valence electrons. The van der Waals surface area contributed by atoms with Crippen LogP contribution in [0.4, 0.5) is 28.4 Å². The third-order valence-electron chi connectivity index (χ3n) is 12.3. The third-order valence-corrected chi connectivity index (χ3v) is 12.3. The first-order chi connectivity index (χ1) is 31.1. The molecule has 0 unspecified atom stereocenters. The molecule has 13 aromatic rings. The van der Waals surface area contributed by atoms with Gasteiger partial charge in [0.15, 0.2) is 0 Å². The summed E-state index contributed by atoms with van der Waals surface area (Å²) in [5, 5.41) is 11.3. The number of hydrogen-bond donors (Lipinski definition) is 3. The zero-order valence-corrected chi connectivity index (χ0v) is 33.7. The van der Waals surface area contributed by atoms with E-state index in [2.05, 4.69) is 153 Å². The second-order valence-electron chi connectivity index (χ2n) is 16.0. The Morgan fingerprint density at radius 2 is 0.952 bits per heavy atom. The normalized spacial score (nSPS) is 11.9. The van der Waals surface area contributed by atoms with E-state index in [1.54, 1.807) is 0 Å². The van der Waals surface area contributed by atoms with Crippen LogP contribution < -0.4 is 16.4 Å². The van der Waals surface area contributed by atoms with Gasteiger partial charge in [-0.15, -0.1) is 0 Å². The van der Waals surface area contributed by atoms with Crippen LogP contribution in [0.15, 0.2) is 203 Å². The van der Waals surface area contributed by atoms with E-state index >= 15 is 0 Å². The number of rotatable bonds is 7. The number of hydrogen-bond acceptors (Lipinski definition) is 6. The number of benzene rings is 9. The van der Waals surface area contributed by atoms with Gasteiger partial charge in [-0.25, -0.2) is 4.98 Å². The van der Waals surface area contributed by atoms with Crippen LogP contribution in [0, 0.1) is 0 Å². The predicted molar refractivity (Wildman–Crippen MR) is 259 cm³/mol. The van der Waals surface area contributed by atoms with E-state index in [0.717, 1.165) is 122 Å². The Bertz CT molecular complexity index is 3960. The summed E-state index contributed by atoms with van der Waals surface area (Å²) < 4.78 is 17.3. The van der Waals surface area contributed by atoms with E-state index in [1.807, 2.05) is 60.7 Å². The van der Waals surface area contributed by atoms with Gasteiger partial charge in [-0.2, -0.15) is 0 Å². The Kier molecular flexibility index (Phi) is 7.59. The lowest BCUT2D eigenvalue weighted by Gasteiger charge is -2.15. The van der Waals surface area contributed by atoms with Crippen LogP contribution in [-0.4, -0.2) is 14.0 Å². The van der Waals surface area contributed by atoms with Crippen molar-refractivity contribution in [3.05, 3.63) is 194 Å². The van der Waals surface area contributed by atoms with Crippen LogP contribution in [0.1, 0.15) is 0 Å². The summed E-state index contributed by atoms with van der Waals surface area (Å²) >= 11 is 0. The molecule has 4 N–H and O–H groups in total. The number of anilines is 5. The van der Waals surface area contributed by atoms with Gasteiger partial charge in [0.2, 0.25) is 5.78 Å². The molecule has 0 aliphatic rings. The van der Waals surface area contributed by atoms with Crippen LogP contribution in [0.5, 0.6) is 0 Å². The van der Waals surface area contributed by atoms with Crippen LogP contribution in [-0.2, 0) is 0 Å². The van der Waals surface area contributed by atoms with Crippen LogP contribution in [0.3, 0.4) is 0 Å². The largest absolute Gasteiger partial charge is 0.456 e. The van der Waals surface area contributed by atoms with Crippen molar-refractivity contribution >= 4 is 100 Å². The fraction of sp³-hybridized carbons (Fsp3) is 0. The number of nitrogen functional groups attached to an aromatic ring is 1. The molecule has 0 saturated carbocycles. The van der Waals surface area contributed by atoms with E-state index in [9.17, 15) is 0 Å². The minimum Gasteiger partial charge on any atom is -0.456 e. The van der Waals surface area contributed by atoms with Gasteiger partial charge in [-0.05, 0) is 138 Å². The Labute approximate surface area is 360 Å². The SMILES string of the molecule is Nc1ccccc1Nc1ccccc1Nc1ccc2oc3ccc(-c4cccc(-c5ccc6oc7ccc(-n8c9ccccc9n9c%10ccccc%10nc89)cc7c6c5)c4)cc3c2c1. The highest BCUT2D eigenvalue weighted by atomic mass is 16.3. The average molecular weight is 813 g/mol. The molecule has 0 amide bonds. The molecule has 8 heteroatoms. The molecule has 63 heavy (non-hydrogen) atoms. The number of fused-ring (bicyclic) bond motifs is 11. The van der Waals surface area contributed by atoms with Crippen molar-refractivity contribution in [1.29, 1.82) is 0 Å². The Morgan fingerprint density at radius 3 is 1.67 bits per heavy atom. The Hall–Kier alpha value is -8.75. The summed E-state index contributed by atoms with van der Waals surface area (Å²) in [6.45, 7) is 0. The predicted octanol–water partition coefficient (Wildman–Crippen LogP) is 14.6. The number of nitrogens with two attached hydrogens (primary N) is 1. The zero-order chi connectivity index (χ0) is 41.6. The fourth-order valence-electron chi connectivity index (χ4n) is 9.21. The molecule has 0 spiro atoms. The molecular formula is C55H36N6O2. The Balaban J connectivity index is 0.852. The van der Waals surface area contributed by atoms with Gasteiger partial charge in [0, 0.05) is 27.2 Å². The summed E-state index contributed by atoms with van der Waals surface area (Å²) in [7, 11) is 0. The maximum absolute atomic E-state index is 6.42. The smallest absolute Gasteiger partial charge is 0.220 e. The third kappa shape index (κ3) is 5.66. The van der Waals surface area contributed by atoms with Gasteiger partial charge >= 0.3 is 0 Å². The molecule has 0 aliphatic heterocycles. The van der Waals surface area contributed by atoms with Crippen molar-refractivity contribution in [2.24, 2.45) is 0 Å². The van der Waals surface area contributed by atoms with Crippen molar-refractivity contribution in [3.8, 4) is 27.9 Å². The summed E-state index contributed by atoms with van der Waals surface area (Å²) in [5.74, 6) is 0.880. The average Bonchev–Trinajstić information content (AvgIpc) is 4.08. The standard InChI is InChI=1S/C55H36N6O2/c56-43-12-1-2-13-44(43)58-46-15-4-3-14-45(46)57-37-22-26-53-41(31-37)39-29-35(20-24-51(39)62-53)33-10-9-11-34(28-33)36-21-25-52-40(30-36)42-32-38(23-27-54(42)63-52)60-49-18-7-8-19-50(49)61-48-17-6-5-16-47(48)59-55(60)61/h1-32,57-58H,56H2. The lowest BCUT2D eigenvalue weighted by atomic mass is 9.97. The summed E-state index contributed by atoms with van der Waals surface area (Å²) in [4.78, 5) is 5.10. The van der Waals surface area contributed by atoms with Crippen LogP contribution >= 0.6 is 0 Å². The molecule has 0 atom stereocenters. The minimum absolute atomic E-state index is 0.690. The second-order valence-corrected chi connectivity index (χ2v) is 16.0. The highest BCUT2D eigenvalue weighted by Crippen LogP contribution is 2.39. The molecule has 4 aromatic heterocycles. The van der Waals surface area contributed by atoms with E-state index in [4.69, 9.17) is 19.6 Å². The van der Waals surface area contributed by atoms with Gasteiger partial charge in [0.1, 0.15) is 22.3 Å². The van der Waals surface area contributed by atoms with Crippen molar-refractivity contribution < 1.29 is 8.83 Å². The van der Waals surface area contributed by atoms with E-state index < -0.39 is 0 Å². The van der Waals surface area contributed by atoms with E-state index in [-0.39, 0.29) is 0 Å². The lowest BCUT2D eigenvalue weighted by molar-refractivity contribution is 0.668. The lowest BCUT2D eigenvalue weighted by Crippen LogP contribution is -1.99. The van der Waals surface area contributed by atoms with Gasteiger partial charge in [0.05, 0.1) is 50.5 Å². The summed E-state index contributed by atoms with van der Waals surface area (Å²) in [6.07, 6.45) is 0. The fourth-order valence-corrected chi connectivity index (χ4v) is 9.21. The van der Waals surface area contributed by atoms with Crippen molar-refractivity contribution in [3.63, 3.8) is 0 Å². The Morgan fingerprint density at radius 1 is 0.413 bits per heavy atom. The monoisotopic (exact) mass is 812 g/mol. The molecule has 0 aliphatic carbocycles. The number of furan rings is 2. The molecule has 0 fully saturated rings. The maximum Gasteiger partial charge on any atom is 0.220 e. The number of para-hydroxylation sites is 8. The van der Waals surface area contributed by atoms with Crippen LogP contribution in [0.25, 0.3) is 99.7 Å². The highest BCUT2D eigenvalue weighted by Gasteiger charge is 2.19. The zero-order valence-electron chi connectivity index (χ0n) is 33.7. The van der Waals surface area contributed by atoms with Gasteiger partial charge in [0.25, 0.3) is 0 Å².